The minimum atomic E-state index is -3.81. The molecule has 1 heterocycles. The van der Waals surface area contributed by atoms with Crippen molar-refractivity contribution in [1.29, 1.82) is 0 Å². The summed E-state index contributed by atoms with van der Waals surface area (Å²) in [5.41, 5.74) is 5.44. The lowest BCUT2D eigenvalue weighted by Crippen LogP contribution is -2.47. The molecule has 0 radical (unpaired) electrons. The van der Waals surface area contributed by atoms with Gasteiger partial charge in [0, 0.05) is 11.9 Å². The summed E-state index contributed by atoms with van der Waals surface area (Å²) in [7, 11) is -2.51. The predicted molar refractivity (Wildman–Crippen MR) is 115 cm³/mol. The first-order chi connectivity index (χ1) is 14.8. The van der Waals surface area contributed by atoms with Crippen LogP contribution in [-0.4, -0.2) is 57.1 Å². The number of hydrogen-bond donors (Lipinski definition) is 2. The number of fused-ring (bicyclic) bond motifs is 1. The van der Waals surface area contributed by atoms with Gasteiger partial charge in [-0.05, 0) is 37.3 Å². The summed E-state index contributed by atoms with van der Waals surface area (Å²) < 4.78 is 36.9. The molecular weight excluding hydrogens is 442 g/mol. The van der Waals surface area contributed by atoms with Gasteiger partial charge in [0.25, 0.3) is 5.91 Å². The molecule has 9 nitrogen and oxygen atoms in total. The maximum Gasteiger partial charge on any atom is 0.253 e. The molecule has 31 heavy (non-hydrogen) atoms. The molecule has 0 fully saturated rings. The zero-order valence-electron chi connectivity index (χ0n) is 17.1. The van der Waals surface area contributed by atoms with Crippen molar-refractivity contribution < 1.29 is 27.5 Å². The van der Waals surface area contributed by atoms with Crippen LogP contribution in [0.25, 0.3) is 0 Å². The van der Waals surface area contributed by atoms with E-state index in [9.17, 15) is 18.0 Å². The van der Waals surface area contributed by atoms with Gasteiger partial charge in [-0.25, -0.2) is 8.42 Å². The van der Waals surface area contributed by atoms with E-state index in [1.54, 1.807) is 24.3 Å². The lowest BCUT2D eigenvalue weighted by molar-refractivity contribution is -0.127. The summed E-state index contributed by atoms with van der Waals surface area (Å²) in [4.78, 5) is 25.0. The van der Waals surface area contributed by atoms with Crippen molar-refractivity contribution in [1.82, 2.24) is 15.2 Å². The first-order valence-electron chi connectivity index (χ1n) is 9.39. The Morgan fingerprint density at radius 2 is 1.65 bits per heavy atom. The van der Waals surface area contributed by atoms with Crippen molar-refractivity contribution >= 4 is 33.6 Å². The highest BCUT2D eigenvalue weighted by Crippen LogP contribution is 2.34. The molecule has 2 aromatic rings. The summed E-state index contributed by atoms with van der Waals surface area (Å²) in [6.45, 7) is 2.39. The Labute approximate surface area is 185 Å². The van der Waals surface area contributed by atoms with Gasteiger partial charge in [0.15, 0.2) is 11.5 Å². The number of nitrogens with one attached hydrogen (secondary N) is 2. The molecule has 2 N–H and O–H groups in total. The maximum atomic E-state index is 12.5. The molecule has 0 atom stereocenters. The van der Waals surface area contributed by atoms with Crippen molar-refractivity contribution in [2.24, 2.45) is 0 Å². The summed E-state index contributed by atoms with van der Waals surface area (Å²) in [6, 6.07) is 11.7. The third-order valence-electron chi connectivity index (χ3n) is 4.32. The van der Waals surface area contributed by atoms with Crippen molar-refractivity contribution in [3.05, 3.63) is 48.0 Å². The molecule has 1 aliphatic heterocycles. The van der Waals surface area contributed by atoms with Crippen molar-refractivity contribution in [2.75, 3.05) is 32.6 Å². The van der Waals surface area contributed by atoms with E-state index in [0.717, 1.165) is 14.8 Å². The Morgan fingerprint density at radius 3 is 2.35 bits per heavy atom. The van der Waals surface area contributed by atoms with Crippen molar-refractivity contribution in [2.45, 2.75) is 16.7 Å². The Balaban J connectivity index is 1.44. The third-order valence-corrected chi connectivity index (χ3v) is 7.13. The molecule has 0 spiro atoms. The van der Waals surface area contributed by atoms with Gasteiger partial charge in [0.2, 0.25) is 15.9 Å². The molecule has 11 heteroatoms. The SMILES string of the molecule is Cc1ccc(S(=O)(=O)N(C)CC(=O)NNC(=O)CSc2ccc3c(c2)OCCO3)cc1. The molecule has 0 aromatic heterocycles. The largest absolute Gasteiger partial charge is 0.486 e. The minimum Gasteiger partial charge on any atom is -0.486 e. The number of hydrogen-bond acceptors (Lipinski definition) is 7. The Bertz CT molecular complexity index is 1060. The van der Waals surface area contributed by atoms with Gasteiger partial charge in [-0.2, -0.15) is 4.31 Å². The van der Waals surface area contributed by atoms with E-state index in [2.05, 4.69) is 10.9 Å². The first-order valence-corrected chi connectivity index (χ1v) is 11.8. The van der Waals surface area contributed by atoms with E-state index in [1.165, 1.54) is 30.9 Å². The summed E-state index contributed by atoms with van der Waals surface area (Å²) in [6.07, 6.45) is 0. The van der Waals surface area contributed by atoms with E-state index >= 15 is 0 Å². The fourth-order valence-electron chi connectivity index (χ4n) is 2.65. The first kappa shape index (κ1) is 22.9. The number of likely N-dealkylation sites (N-methyl/N-ethyl adjacent to an activating group) is 1. The smallest absolute Gasteiger partial charge is 0.253 e. The average molecular weight is 466 g/mol. The van der Waals surface area contributed by atoms with E-state index < -0.39 is 28.4 Å². The maximum absolute atomic E-state index is 12.5. The second-order valence-electron chi connectivity index (χ2n) is 6.76. The summed E-state index contributed by atoms with van der Waals surface area (Å²) in [5, 5.41) is 0. The topological polar surface area (TPSA) is 114 Å². The fourth-order valence-corrected chi connectivity index (χ4v) is 4.51. The van der Waals surface area contributed by atoms with Crippen molar-refractivity contribution in [3.8, 4) is 11.5 Å². The van der Waals surface area contributed by atoms with E-state index in [1.807, 2.05) is 13.0 Å². The van der Waals surface area contributed by atoms with Crippen LogP contribution in [0.2, 0.25) is 0 Å². The van der Waals surface area contributed by atoms with Gasteiger partial charge in [0.1, 0.15) is 13.2 Å². The van der Waals surface area contributed by atoms with Crippen LogP contribution >= 0.6 is 11.8 Å². The molecule has 0 bridgehead atoms. The van der Waals surface area contributed by atoms with Crippen LogP contribution in [0.5, 0.6) is 11.5 Å². The third kappa shape index (κ3) is 6.12. The molecule has 166 valence electrons. The van der Waals surface area contributed by atoms with Crippen LogP contribution in [-0.2, 0) is 19.6 Å². The summed E-state index contributed by atoms with van der Waals surface area (Å²) >= 11 is 1.26. The standard InChI is InChI=1S/C20H23N3O6S2/c1-14-3-6-16(7-4-14)31(26,27)23(2)12-19(24)21-22-20(25)13-30-15-5-8-17-18(11-15)29-10-9-28-17/h3-8,11H,9-10,12-13H2,1-2H3,(H,21,24)(H,22,25). The van der Waals surface area contributed by atoms with Crippen LogP contribution in [0, 0.1) is 6.92 Å². The van der Waals surface area contributed by atoms with Gasteiger partial charge < -0.3 is 9.47 Å². The van der Waals surface area contributed by atoms with E-state index in [0.29, 0.717) is 24.7 Å². The number of hydrazine groups is 1. The molecule has 3 rings (SSSR count). The molecule has 0 unspecified atom stereocenters. The fraction of sp³-hybridized carbons (Fsp3) is 0.300. The van der Waals surface area contributed by atoms with Gasteiger partial charge in [-0.3, -0.25) is 20.4 Å². The molecular formula is C20H23N3O6S2. The lowest BCUT2D eigenvalue weighted by Gasteiger charge is -2.18. The molecule has 0 aliphatic carbocycles. The van der Waals surface area contributed by atoms with Crippen molar-refractivity contribution in [3.63, 3.8) is 0 Å². The Morgan fingerprint density at radius 1 is 1.00 bits per heavy atom. The second-order valence-corrected chi connectivity index (χ2v) is 9.86. The van der Waals surface area contributed by atoms with Gasteiger partial charge in [0.05, 0.1) is 17.2 Å². The number of aryl methyl sites for hydroxylation is 1. The monoisotopic (exact) mass is 465 g/mol. The highest BCUT2D eigenvalue weighted by Gasteiger charge is 2.23. The number of ether oxygens (including phenoxy) is 2. The highest BCUT2D eigenvalue weighted by molar-refractivity contribution is 8.00. The quantitative estimate of drug-likeness (QED) is 0.468. The normalized spacial score (nSPS) is 13.0. The number of sulfonamides is 1. The molecule has 2 amide bonds. The minimum absolute atomic E-state index is 0.0530. The van der Waals surface area contributed by atoms with Crippen LogP contribution in [0.15, 0.2) is 52.3 Å². The van der Waals surface area contributed by atoms with Crippen LogP contribution < -0.4 is 20.3 Å². The number of rotatable bonds is 7. The molecule has 2 aromatic carbocycles. The van der Waals surface area contributed by atoms with Gasteiger partial charge in [-0.15, -0.1) is 11.8 Å². The number of carbonyl (C=O) groups is 2. The number of nitrogens with zero attached hydrogens (tertiary/aromatic N) is 1. The van der Waals surface area contributed by atoms with E-state index in [-0.39, 0.29) is 10.6 Å². The second kappa shape index (κ2) is 10.0. The Kier molecular flexibility index (Phi) is 7.42. The van der Waals surface area contributed by atoms with Crippen LogP contribution in [0.1, 0.15) is 5.56 Å². The van der Waals surface area contributed by atoms with E-state index in [4.69, 9.17) is 9.47 Å². The number of carbonyl (C=O) groups excluding carboxylic acids is 2. The molecule has 0 saturated carbocycles. The zero-order valence-corrected chi connectivity index (χ0v) is 18.7. The van der Waals surface area contributed by atoms with Crippen LogP contribution in [0.4, 0.5) is 0 Å². The number of amides is 2. The Hall–Kier alpha value is -2.76. The summed E-state index contributed by atoms with van der Waals surface area (Å²) in [5.74, 6) is 0.255. The highest BCUT2D eigenvalue weighted by atomic mass is 32.2. The zero-order chi connectivity index (χ0) is 22.4. The average Bonchev–Trinajstić information content (AvgIpc) is 2.76. The number of thioether (sulfide) groups is 1. The lowest BCUT2D eigenvalue weighted by atomic mass is 10.2. The molecule has 1 aliphatic rings. The van der Waals surface area contributed by atoms with Gasteiger partial charge in [-0.1, -0.05) is 17.7 Å². The predicted octanol–water partition coefficient (Wildman–Crippen LogP) is 1.33. The van der Waals surface area contributed by atoms with Gasteiger partial charge >= 0.3 is 0 Å². The molecule has 0 saturated heterocycles. The number of benzene rings is 2. The van der Waals surface area contributed by atoms with Crippen LogP contribution in [0.3, 0.4) is 0 Å².